The predicted molar refractivity (Wildman–Crippen MR) is 152 cm³/mol. The van der Waals surface area contributed by atoms with Crippen molar-refractivity contribution < 1.29 is 14.5 Å². The second-order valence-electron chi connectivity index (χ2n) is 9.98. The lowest BCUT2D eigenvalue weighted by Crippen LogP contribution is -2.14. The Morgan fingerprint density at radius 3 is 2.57 bits per heavy atom. The summed E-state index contributed by atoms with van der Waals surface area (Å²) in [5, 5.41) is 25.6. The highest BCUT2D eigenvalue weighted by atomic mass is 35.5. The first-order chi connectivity index (χ1) is 20.7. The van der Waals surface area contributed by atoms with Crippen LogP contribution in [0.3, 0.4) is 0 Å². The molecule has 0 spiro atoms. The van der Waals surface area contributed by atoms with Crippen LogP contribution < -0.4 is 10.6 Å². The van der Waals surface area contributed by atoms with Crippen molar-refractivity contribution in [3.63, 3.8) is 0 Å². The molecule has 3 heterocycles. The molecule has 212 valence electrons. The van der Waals surface area contributed by atoms with Crippen LogP contribution in [-0.2, 0) is 0 Å². The van der Waals surface area contributed by atoms with Crippen LogP contribution in [0.25, 0.3) is 10.9 Å². The third kappa shape index (κ3) is 5.45. The normalized spacial score (nSPS) is 15.5. The van der Waals surface area contributed by atoms with Gasteiger partial charge in [0.25, 0.3) is 0 Å². The number of pyridine rings is 2. The first-order valence-corrected chi connectivity index (χ1v) is 13.6. The molecule has 8 nitrogen and oxygen atoms in total. The van der Waals surface area contributed by atoms with Gasteiger partial charge in [-0.1, -0.05) is 35.9 Å². The fourth-order valence-corrected chi connectivity index (χ4v) is 5.02. The highest BCUT2D eigenvalue weighted by molar-refractivity contribution is 6.35. The fourth-order valence-electron chi connectivity index (χ4n) is 4.75. The standard InChI is InChI=1S/C30H24ClF3N8/c1-2-25(17-9-24(33)30(34)37-13-17)39-27-18(12-35)14-36-29-22(27)10-20(11-23(29)31)38-28(16-3-5-19(32)6-4-16)26-15-42(41-40-26)21-7-8-21/h3-6,9-11,13-15,21,25,28,38H,2,7-8H2,1H3,(H,36,39)/t25?,28-/m0/s1/i28D. The maximum absolute atomic E-state index is 14.0. The van der Waals surface area contributed by atoms with Crippen LogP contribution in [0.4, 0.5) is 24.5 Å². The lowest BCUT2D eigenvalue weighted by Gasteiger charge is -2.22. The lowest BCUT2D eigenvalue weighted by atomic mass is 10.0. The van der Waals surface area contributed by atoms with Gasteiger partial charge < -0.3 is 10.6 Å². The number of rotatable bonds is 9. The van der Waals surface area contributed by atoms with Crippen molar-refractivity contribution in [3.05, 3.63) is 106 Å². The molecule has 5 aromatic rings. The summed E-state index contributed by atoms with van der Waals surface area (Å²) in [4.78, 5) is 7.87. The molecule has 0 aliphatic heterocycles. The third-order valence-electron chi connectivity index (χ3n) is 7.08. The van der Waals surface area contributed by atoms with Gasteiger partial charge in [0, 0.05) is 23.5 Å². The summed E-state index contributed by atoms with van der Waals surface area (Å²) < 4.78 is 52.7. The molecule has 1 saturated carbocycles. The van der Waals surface area contributed by atoms with Crippen LogP contribution in [0.5, 0.6) is 0 Å². The van der Waals surface area contributed by atoms with Crippen molar-refractivity contribution in [2.45, 2.75) is 44.3 Å². The van der Waals surface area contributed by atoms with Crippen LogP contribution in [-0.4, -0.2) is 25.0 Å². The largest absolute Gasteiger partial charge is 0.377 e. The zero-order valence-electron chi connectivity index (χ0n) is 23.2. The van der Waals surface area contributed by atoms with Gasteiger partial charge in [-0.05, 0) is 60.7 Å². The Morgan fingerprint density at radius 1 is 1.10 bits per heavy atom. The maximum atomic E-state index is 14.0. The topological polar surface area (TPSA) is 104 Å². The molecular weight excluding hydrogens is 565 g/mol. The van der Waals surface area contributed by atoms with E-state index in [0.717, 1.165) is 18.9 Å². The van der Waals surface area contributed by atoms with Gasteiger partial charge in [0.15, 0.2) is 5.82 Å². The molecule has 12 heteroatoms. The maximum Gasteiger partial charge on any atom is 0.248 e. The Bertz CT molecular complexity index is 1870. The molecule has 1 fully saturated rings. The first-order valence-electron chi connectivity index (χ1n) is 13.8. The molecule has 0 amide bonds. The van der Waals surface area contributed by atoms with Crippen LogP contribution in [0.1, 0.15) is 68.0 Å². The number of halogens is 4. The second-order valence-corrected chi connectivity index (χ2v) is 10.4. The van der Waals surface area contributed by atoms with E-state index in [2.05, 4.69) is 37.0 Å². The summed E-state index contributed by atoms with van der Waals surface area (Å²) in [6, 6.07) is 9.99. The molecule has 6 rings (SSSR count). The number of aromatic nitrogens is 5. The molecule has 42 heavy (non-hydrogen) atoms. The summed E-state index contributed by atoms with van der Waals surface area (Å²) in [6.07, 6.45) is 6.71. The molecule has 1 unspecified atom stereocenters. The van der Waals surface area contributed by atoms with Gasteiger partial charge in [-0.15, -0.1) is 5.10 Å². The van der Waals surface area contributed by atoms with E-state index >= 15 is 0 Å². The van der Waals surface area contributed by atoms with Crippen molar-refractivity contribution in [1.82, 2.24) is 25.0 Å². The van der Waals surface area contributed by atoms with E-state index in [1.54, 1.807) is 23.0 Å². The average Bonchev–Trinajstić information content (AvgIpc) is 3.73. The quantitative estimate of drug-likeness (QED) is 0.174. The smallest absolute Gasteiger partial charge is 0.248 e. The van der Waals surface area contributed by atoms with E-state index < -0.39 is 29.6 Å². The Kier molecular flexibility index (Phi) is 7.05. The lowest BCUT2D eigenvalue weighted by molar-refractivity contribution is 0.475. The SMILES string of the molecule is [2H][C@](Nc1cc(Cl)c2ncc(C#N)c(NC(CC)c3cnc(F)c(F)c3)c2c1)(c1ccc(F)cc1)c1cn(C2CC2)nn1. The van der Waals surface area contributed by atoms with E-state index in [1.807, 2.05) is 6.92 Å². The molecule has 0 saturated heterocycles. The molecule has 0 radical (unpaired) electrons. The van der Waals surface area contributed by atoms with Crippen LogP contribution >= 0.6 is 11.6 Å². The highest BCUT2D eigenvalue weighted by Crippen LogP contribution is 2.38. The Balaban J connectivity index is 1.45. The Labute approximate surface area is 245 Å². The molecule has 2 N–H and O–H groups in total. The summed E-state index contributed by atoms with van der Waals surface area (Å²) >= 11 is 6.69. The zero-order valence-corrected chi connectivity index (χ0v) is 23.0. The molecule has 2 atom stereocenters. The number of hydrogen-bond donors (Lipinski definition) is 2. The predicted octanol–water partition coefficient (Wildman–Crippen LogP) is 7.26. The zero-order chi connectivity index (χ0) is 30.3. The van der Waals surface area contributed by atoms with Crippen molar-refractivity contribution in [2.24, 2.45) is 0 Å². The molecule has 0 bridgehead atoms. The highest BCUT2D eigenvalue weighted by Gasteiger charge is 2.27. The van der Waals surface area contributed by atoms with Crippen LogP contribution in [0.2, 0.25) is 5.02 Å². The summed E-state index contributed by atoms with van der Waals surface area (Å²) in [5.74, 6) is -2.74. The van der Waals surface area contributed by atoms with E-state index in [-0.39, 0.29) is 16.6 Å². The summed E-state index contributed by atoms with van der Waals surface area (Å²) in [6.45, 7) is 1.85. The summed E-state index contributed by atoms with van der Waals surface area (Å²) in [5.41, 5.74) is 2.41. The average molecular weight is 590 g/mol. The minimum absolute atomic E-state index is 0.192. The minimum atomic E-state index is -1.70. The molecule has 1 aliphatic carbocycles. The molecule has 1 aliphatic rings. The minimum Gasteiger partial charge on any atom is -0.377 e. The Hall–Kier alpha value is -4.69. The van der Waals surface area contributed by atoms with Crippen LogP contribution in [0, 0.1) is 28.9 Å². The van der Waals surface area contributed by atoms with E-state index in [4.69, 9.17) is 11.6 Å². The van der Waals surface area contributed by atoms with E-state index in [9.17, 15) is 19.8 Å². The van der Waals surface area contributed by atoms with Gasteiger partial charge >= 0.3 is 0 Å². The monoisotopic (exact) mass is 589 g/mol. The number of fused-ring (bicyclic) bond motifs is 1. The van der Waals surface area contributed by atoms with Crippen molar-refractivity contribution in [3.8, 4) is 6.07 Å². The van der Waals surface area contributed by atoms with Gasteiger partial charge in [0.2, 0.25) is 5.95 Å². The van der Waals surface area contributed by atoms with Gasteiger partial charge in [-0.2, -0.15) is 9.65 Å². The second kappa shape index (κ2) is 11.3. The number of hydrogen-bond acceptors (Lipinski definition) is 7. The van der Waals surface area contributed by atoms with Gasteiger partial charge in [0.05, 0.1) is 47.5 Å². The van der Waals surface area contributed by atoms with E-state index in [1.165, 1.54) is 36.7 Å². The third-order valence-corrected chi connectivity index (χ3v) is 7.37. The van der Waals surface area contributed by atoms with Gasteiger partial charge in [-0.3, -0.25) is 4.98 Å². The summed E-state index contributed by atoms with van der Waals surface area (Å²) in [7, 11) is 0. The number of nitriles is 1. The number of benzene rings is 2. The van der Waals surface area contributed by atoms with E-state index in [0.29, 0.717) is 45.5 Å². The van der Waals surface area contributed by atoms with Crippen molar-refractivity contribution >= 4 is 33.9 Å². The van der Waals surface area contributed by atoms with Crippen molar-refractivity contribution in [2.75, 3.05) is 10.6 Å². The van der Waals surface area contributed by atoms with Gasteiger partial charge in [-0.25, -0.2) is 18.4 Å². The number of nitrogens with one attached hydrogen (secondary N) is 2. The molecule has 3 aromatic heterocycles. The fraction of sp³-hybridized carbons (Fsp3) is 0.233. The van der Waals surface area contributed by atoms with Crippen LogP contribution in [0.15, 0.2) is 61.1 Å². The Morgan fingerprint density at radius 2 is 1.88 bits per heavy atom. The number of nitrogens with zero attached hydrogens (tertiary/aromatic N) is 6. The molecule has 2 aromatic carbocycles. The molecular formula is C30H24ClF3N8. The first kappa shape index (κ1) is 26.2. The number of anilines is 2. The van der Waals surface area contributed by atoms with Gasteiger partial charge in [0.1, 0.15) is 17.6 Å². The van der Waals surface area contributed by atoms with Crippen molar-refractivity contribution in [1.29, 1.82) is 5.26 Å².